The number of anilines is 1. The van der Waals surface area contributed by atoms with Gasteiger partial charge in [-0.1, -0.05) is 33.8 Å². The fourth-order valence-electron chi connectivity index (χ4n) is 2.70. The van der Waals surface area contributed by atoms with E-state index >= 15 is 0 Å². The summed E-state index contributed by atoms with van der Waals surface area (Å²) in [6.45, 7) is 2.07. The lowest BCUT2D eigenvalue weighted by atomic mass is 10.2. The van der Waals surface area contributed by atoms with Crippen LogP contribution in [0.15, 0.2) is 72.8 Å². The number of aromatic nitrogens is 1. The number of halogens is 2. The van der Waals surface area contributed by atoms with Crippen LogP contribution in [0.25, 0.3) is 10.2 Å². The van der Waals surface area contributed by atoms with Gasteiger partial charge < -0.3 is 10.4 Å². The predicted octanol–water partition coefficient (Wildman–Crippen LogP) is 7.24. The van der Waals surface area contributed by atoms with Crippen molar-refractivity contribution in [1.82, 2.24) is 4.98 Å². The lowest BCUT2D eigenvalue weighted by Gasteiger charge is -2.09. The van der Waals surface area contributed by atoms with Gasteiger partial charge in [-0.15, -0.1) is 11.3 Å². The molecule has 0 bridgehead atoms. The molecule has 146 valence electrons. The first kappa shape index (κ1) is 20.4. The Balaban J connectivity index is 1.48. The first-order valence-electron chi connectivity index (χ1n) is 8.53. The molecule has 0 saturated carbocycles. The first-order valence-corrected chi connectivity index (χ1v) is 11.8. The van der Waals surface area contributed by atoms with Gasteiger partial charge in [0.25, 0.3) is 5.91 Å². The number of aromatic hydroxyl groups is 1. The quantitative estimate of drug-likeness (QED) is 0.281. The minimum absolute atomic E-state index is 0.0936. The van der Waals surface area contributed by atoms with E-state index in [1.54, 1.807) is 35.2 Å². The lowest BCUT2D eigenvalue weighted by molar-refractivity contribution is 0.102. The van der Waals surface area contributed by atoms with Crippen LogP contribution >= 0.6 is 55.0 Å². The van der Waals surface area contributed by atoms with Crippen LogP contribution in [0.2, 0.25) is 0 Å². The standard InChI is InChI=1S/C21H14Br2N2O2S2/c1-11-2-7-17-18(8-11)29-21(25-17)28-14-5-3-13(4-6-14)24-20(27)15-9-12(22)10-16(23)19(15)26/h2-10,26H,1H3,(H,24,27). The van der Waals surface area contributed by atoms with Gasteiger partial charge in [0.2, 0.25) is 0 Å². The molecule has 0 fully saturated rings. The van der Waals surface area contributed by atoms with Crippen molar-refractivity contribution in [1.29, 1.82) is 0 Å². The van der Waals surface area contributed by atoms with Gasteiger partial charge in [-0.05, 0) is 76.9 Å². The Bertz CT molecular complexity index is 1220. The van der Waals surface area contributed by atoms with E-state index in [-0.39, 0.29) is 17.2 Å². The van der Waals surface area contributed by atoms with E-state index in [0.717, 1.165) is 14.8 Å². The maximum atomic E-state index is 12.5. The molecule has 0 unspecified atom stereocenters. The van der Waals surface area contributed by atoms with Crippen LogP contribution in [0, 0.1) is 6.92 Å². The van der Waals surface area contributed by atoms with Crippen LogP contribution in [-0.2, 0) is 0 Å². The molecule has 0 spiro atoms. The predicted molar refractivity (Wildman–Crippen MR) is 126 cm³/mol. The molecule has 0 atom stereocenters. The number of hydrogen-bond acceptors (Lipinski definition) is 5. The smallest absolute Gasteiger partial charge is 0.259 e. The van der Waals surface area contributed by atoms with Gasteiger partial charge in [-0.3, -0.25) is 4.79 Å². The zero-order valence-corrected chi connectivity index (χ0v) is 19.9. The van der Waals surface area contributed by atoms with Crippen LogP contribution in [0.4, 0.5) is 5.69 Å². The van der Waals surface area contributed by atoms with Crippen molar-refractivity contribution in [3.05, 3.63) is 74.7 Å². The highest BCUT2D eigenvalue weighted by atomic mass is 79.9. The van der Waals surface area contributed by atoms with Gasteiger partial charge in [-0.2, -0.15) is 0 Å². The van der Waals surface area contributed by atoms with Crippen LogP contribution in [0.5, 0.6) is 5.75 Å². The van der Waals surface area contributed by atoms with Gasteiger partial charge in [0.15, 0.2) is 4.34 Å². The third-order valence-corrected chi connectivity index (χ3v) is 7.26. The molecule has 4 rings (SSSR count). The number of nitrogens with zero attached hydrogens (tertiary/aromatic N) is 1. The van der Waals surface area contributed by atoms with Gasteiger partial charge in [0.05, 0.1) is 20.3 Å². The molecular formula is C21H14Br2N2O2S2. The fourth-order valence-corrected chi connectivity index (χ4v) is 6.06. The van der Waals surface area contributed by atoms with Gasteiger partial charge >= 0.3 is 0 Å². The van der Waals surface area contributed by atoms with Crippen molar-refractivity contribution in [2.24, 2.45) is 0 Å². The third-order valence-electron chi connectivity index (χ3n) is 4.11. The zero-order chi connectivity index (χ0) is 20.5. The van der Waals surface area contributed by atoms with Gasteiger partial charge in [-0.25, -0.2) is 4.98 Å². The summed E-state index contributed by atoms with van der Waals surface area (Å²) in [5.41, 5.74) is 3.07. The molecule has 29 heavy (non-hydrogen) atoms. The van der Waals surface area contributed by atoms with Crippen molar-refractivity contribution in [2.45, 2.75) is 16.2 Å². The first-order chi connectivity index (χ1) is 13.9. The highest BCUT2D eigenvalue weighted by Gasteiger charge is 2.15. The fraction of sp³-hybridized carbons (Fsp3) is 0.0476. The molecule has 1 heterocycles. The second kappa shape index (κ2) is 8.47. The summed E-state index contributed by atoms with van der Waals surface area (Å²) >= 11 is 9.83. The topological polar surface area (TPSA) is 62.2 Å². The molecule has 8 heteroatoms. The van der Waals surface area contributed by atoms with Crippen molar-refractivity contribution in [2.75, 3.05) is 5.32 Å². The molecular weight excluding hydrogens is 536 g/mol. The summed E-state index contributed by atoms with van der Waals surface area (Å²) in [7, 11) is 0. The number of aryl methyl sites for hydroxylation is 1. The van der Waals surface area contributed by atoms with Crippen LogP contribution in [-0.4, -0.2) is 16.0 Å². The van der Waals surface area contributed by atoms with Crippen molar-refractivity contribution >= 4 is 76.8 Å². The Morgan fingerprint density at radius 3 is 2.62 bits per heavy atom. The Morgan fingerprint density at radius 2 is 1.86 bits per heavy atom. The van der Waals surface area contributed by atoms with E-state index in [2.05, 4.69) is 61.2 Å². The van der Waals surface area contributed by atoms with Crippen molar-refractivity contribution < 1.29 is 9.90 Å². The second-order valence-corrected chi connectivity index (χ2v) is 10.4. The molecule has 4 aromatic rings. The normalized spacial score (nSPS) is 11.0. The average molecular weight is 550 g/mol. The number of carbonyl (C=O) groups excluding carboxylic acids is 1. The molecule has 0 aliphatic rings. The van der Waals surface area contributed by atoms with E-state index < -0.39 is 0 Å². The number of rotatable bonds is 4. The maximum absolute atomic E-state index is 12.5. The van der Waals surface area contributed by atoms with Crippen molar-refractivity contribution in [3.8, 4) is 5.75 Å². The van der Waals surface area contributed by atoms with Crippen LogP contribution < -0.4 is 5.32 Å². The number of amides is 1. The number of nitrogens with one attached hydrogen (secondary N) is 1. The molecule has 0 aliphatic heterocycles. The minimum atomic E-state index is -0.383. The van der Waals surface area contributed by atoms with E-state index in [1.807, 2.05) is 30.3 Å². The lowest BCUT2D eigenvalue weighted by Crippen LogP contribution is -2.12. The van der Waals surface area contributed by atoms with Crippen LogP contribution in [0.3, 0.4) is 0 Å². The number of phenolic OH excluding ortho intramolecular Hbond substituents is 1. The number of fused-ring (bicyclic) bond motifs is 1. The summed E-state index contributed by atoms with van der Waals surface area (Å²) in [5.74, 6) is -0.476. The Morgan fingerprint density at radius 1 is 1.10 bits per heavy atom. The summed E-state index contributed by atoms with van der Waals surface area (Å²) < 4.78 is 3.31. The minimum Gasteiger partial charge on any atom is -0.506 e. The maximum Gasteiger partial charge on any atom is 0.259 e. The highest BCUT2D eigenvalue weighted by molar-refractivity contribution is 9.11. The number of carbonyl (C=O) groups is 1. The summed E-state index contributed by atoms with van der Waals surface area (Å²) in [6, 6.07) is 17.1. The molecule has 1 aromatic heterocycles. The summed E-state index contributed by atoms with van der Waals surface area (Å²) in [5, 5.41) is 12.9. The second-order valence-electron chi connectivity index (χ2n) is 6.32. The van der Waals surface area contributed by atoms with E-state index in [4.69, 9.17) is 0 Å². The van der Waals surface area contributed by atoms with E-state index in [0.29, 0.717) is 14.6 Å². The van der Waals surface area contributed by atoms with E-state index in [9.17, 15) is 9.90 Å². The average Bonchev–Trinajstić information content (AvgIpc) is 3.07. The highest BCUT2D eigenvalue weighted by Crippen LogP contribution is 2.35. The molecule has 0 saturated heterocycles. The largest absolute Gasteiger partial charge is 0.506 e. The Hall–Kier alpha value is -1.87. The van der Waals surface area contributed by atoms with Crippen molar-refractivity contribution in [3.63, 3.8) is 0 Å². The summed E-state index contributed by atoms with van der Waals surface area (Å²) in [6.07, 6.45) is 0. The van der Waals surface area contributed by atoms with Gasteiger partial charge in [0.1, 0.15) is 5.75 Å². The van der Waals surface area contributed by atoms with E-state index in [1.165, 1.54) is 10.3 Å². The SMILES string of the molecule is Cc1ccc2nc(Sc3ccc(NC(=O)c4cc(Br)cc(Br)c4O)cc3)sc2c1. The number of hydrogen-bond donors (Lipinski definition) is 2. The van der Waals surface area contributed by atoms with Gasteiger partial charge in [0, 0.05) is 15.1 Å². The third kappa shape index (κ3) is 4.66. The Labute approximate surface area is 192 Å². The molecule has 4 nitrogen and oxygen atoms in total. The Kier molecular flexibility index (Phi) is 5.96. The molecule has 0 radical (unpaired) electrons. The zero-order valence-electron chi connectivity index (χ0n) is 15.1. The monoisotopic (exact) mass is 548 g/mol. The summed E-state index contributed by atoms with van der Waals surface area (Å²) in [4.78, 5) is 18.2. The molecule has 3 aromatic carbocycles. The molecule has 0 aliphatic carbocycles. The number of thiazole rings is 1. The molecule has 1 amide bonds. The number of benzene rings is 3. The number of phenols is 1. The molecule has 2 N–H and O–H groups in total. The van der Waals surface area contributed by atoms with Crippen LogP contribution in [0.1, 0.15) is 15.9 Å².